The summed E-state index contributed by atoms with van der Waals surface area (Å²) in [5.41, 5.74) is -3.18. The maximum atomic E-state index is 13.0. The van der Waals surface area contributed by atoms with Gasteiger partial charge in [-0.15, -0.1) is 0 Å². The molecule has 0 bridgehead atoms. The molecule has 0 aliphatic rings. The Morgan fingerprint density at radius 2 is 1.14 bits per heavy atom. The highest BCUT2D eigenvalue weighted by Crippen LogP contribution is 2.32. The molecule has 4 nitrogen and oxygen atoms in total. The Balaban J connectivity index is 1.98. The van der Waals surface area contributed by atoms with Crippen LogP contribution in [0.1, 0.15) is 16.7 Å². The monoisotopic (exact) mass is 546 g/mol. The van der Waals surface area contributed by atoms with Gasteiger partial charge in [0.05, 0.1) is 21.2 Å². The third-order valence-corrected chi connectivity index (χ3v) is 5.50. The second-order valence-corrected chi connectivity index (χ2v) is 8.05. The molecule has 0 atom stereocenters. The van der Waals surface area contributed by atoms with Crippen molar-refractivity contribution in [2.45, 2.75) is 12.4 Å². The molecule has 2 N–H and O–H groups in total. The van der Waals surface area contributed by atoms with Crippen molar-refractivity contribution < 1.29 is 35.9 Å². The maximum absolute atomic E-state index is 13.0. The smallest absolute Gasteiger partial charge is 0.322 e. The van der Waals surface area contributed by atoms with Gasteiger partial charge in [-0.1, -0.05) is 47.5 Å². The van der Waals surface area contributed by atoms with Crippen LogP contribution in [0.4, 0.5) is 37.7 Å². The van der Waals surface area contributed by atoms with Crippen molar-refractivity contribution in [3.05, 3.63) is 99.0 Å². The van der Waals surface area contributed by atoms with E-state index in [4.69, 9.17) is 23.2 Å². The molecule has 0 fully saturated rings. The Morgan fingerprint density at radius 1 is 0.694 bits per heavy atom. The van der Waals surface area contributed by atoms with Gasteiger partial charge in [0.2, 0.25) is 0 Å². The van der Waals surface area contributed by atoms with Crippen LogP contribution in [0.5, 0.6) is 0 Å². The van der Waals surface area contributed by atoms with Crippen molar-refractivity contribution in [2.24, 2.45) is 0 Å². The van der Waals surface area contributed by atoms with Crippen LogP contribution in [-0.2, 0) is 21.9 Å². The first-order chi connectivity index (χ1) is 16.8. The molecule has 188 valence electrons. The van der Waals surface area contributed by atoms with Crippen LogP contribution in [0.25, 0.3) is 6.08 Å². The number of hydrogen-bond acceptors (Lipinski definition) is 2. The van der Waals surface area contributed by atoms with E-state index in [0.717, 1.165) is 30.3 Å². The van der Waals surface area contributed by atoms with Crippen molar-refractivity contribution in [1.82, 2.24) is 0 Å². The normalized spacial score (nSPS) is 11.6. The minimum Gasteiger partial charge on any atom is -0.322 e. The number of carbonyl (C=O) groups is 2. The van der Waals surface area contributed by atoms with Crippen molar-refractivity contribution >= 4 is 52.5 Å². The van der Waals surface area contributed by atoms with Gasteiger partial charge in [0.15, 0.2) is 0 Å². The first-order valence-electron chi connectivity index (χ1n) is 9.88. The van der Waals surface area contributed by atoms with Gasteiger partial charge in [-0.2, -0.15) is 26.3 Å². The fourth-order valence-electron chi connectivity index (χ4n) is 2.97. The summed E-state index contributed by atoms with van der Waals surface area (Å²) in [7, 11) is 0. The van der Waals surface area contributed by atoms with Gasteiger partial charge in [-0.05, 0) is 54.1 Å². The molecular weight excluding hydrogens is 533 g/mol. The molecule has 3 rings (SSSR count). The van der Waals surface area contributed by atoms with Gasteiger partial charge < -0.3 is 10.6 Å². The van der Waals surface area contributed by atoms with Crippen molar-refractivity contribution in [2.75, 3.05) is 10.6 Å². The summed E-state index contributed by atoms with van der Waals surface area (Å²) in [4.78, 5) is 25.9. The number of hydrogen-bond donors (Lipinski definition) is 2. The van der Waals surface area contributed by atoms with E-state index < -0.39 is 40.9 Å². The summed E-state index contributed by atoms with van der Waals surface area (Å²) in [5.74, 6) is -2.29. The van der Waals surface area contributed by atoms with E-state index in [0.29, 0.717) is 12.1 Å². The molecule has 0 saturated carbocycles. The predicted molar refractivity (Wildman–Crippen MR) is 125 cm³/mol. The largest absolute Gasteiger partial charge is 0.416 e. The lowest BCUT2D eigenvalue weighted by Gasteiger charge is -2.13. The Morgan fingerprint density at radius 3 is 1.58 bits per heavy atom. The Bertz CT molecular complexity index is 1260. The Kier molecular flexibility index (Phi) is 8.00. The van der Waals surface area contributed by atoms with E-state index in [1.165, 1.54) is 30.3 Å². The zero-order valence-corrected chi connectivity index (χ0v) is 19.3. The fraction of sp³-hybridized carbons (Fsp3) is 0.0833. The zero-order valence-electron chi connectivity index (χ0n) is 17.8. The van der Waals surface area contributed by atoms with E-state index in [1.54, 1.807) is 0 Å². The summed E-state index contributed by atoms with van der Waals surface area (Å²) in [6, 6.07) is 11.7. The average molecular weight is 547 g/mol. The van der Waals surface area contributed by atoms with E-state index in [9.17, 15) is 35.9 Å². The van der Waals surface area contributed by atoms with E-state index in [2.05, 4.69) is 10.6 Å². The number of anilines is 2. The Labute approximate surface area is 210 Å². The van der Waals surface area contributed by atoms with Crippen LogP contribution in [0, 0.1) is 0 Å². The second-order valence-electron chi connectivity index (χ2n) is 7.27. The Hall–Kier alpha value is -3.50. The van der Waals surface area contributed by atoms with E-state index >= 15 is 0 Å². The van der Waals surface area contributed by atoms with Crippen LogP contribution in [-0.4, -0.2) is 11.8 Å². The second kappa shape index (κ2) is 10.6. The number of amides is 2. The van der Waals surface area contributed by atoms with Crippen LogP contribution in [0.2, 0.25) is 10.0 Å². The molecule has 0 aliphatic heterocycles. The SMILES string of the molecule is O=C(Nc1cccc(C(F)(F)F)c1)C(=Cc1cccc(Cl)c1Cl)C(=O)Nc1cccc(C(F)(F)F)c1. The van der Waals surface area contributed by atoms with Crippen LogP contribution >= 0.6 is 23.2 Å². The molecular formula is C24H14Cl2F6N2O2. The van der Waals surface area contributed by atoms with Gasteiger partial charge in [0, 0.05) is 11.4 Å². The molecule has 3 aromatic carbocycles. The molecule has 0 spiro atoms. The van der Waals surface area contributed by atoms with Crippen molar-refractivity contribution in [3.63, 3.8) is 0 Å². The lowest BCUT2D eigenvalue weighted by atomic mass is 10.1. The zero-order chi connectivity index (χ0) is 26.7. The van der Waals surface area contributed by atoms with Crippen molar-refractivity contribution in [3.8, 4) is 0 Å². The lowest BCUT2D eigenvalue weighted by Crippen LogP contribution is -2.25. The summed E-state index contributed by atoms with van der Waals surface area (Å²) in [5, 5.41) is 4.43. The van der Waals surface area contributed by atoms with E-state index in [1.807, 2.05) is 0 Å². The number of halogens is 8. The van der Waals surface area contributed by atoms with Gasteiger partial charge >= 0.3 is 12.4 Å². The highest BCUT2D eigenvalue weighted by molar-refractivity contribution is 6.43. The molecule has 0 radical (unpaired) electrons. The predicted octanol–water partition coefficient (Wildman–Crippen LogP) is 7.69. The summed E-state index contributed by atoms with van der Waals surface area (Å²) < 4.78 is 78.2. The first-order valence-corrected chi connectivity index (χ1v) is 10.6. The fourth-order valence-corrected chi connectivity index (χ4v) is 3.33. The van der Waals surface area contributed by atoms with Gasteiger partial charge in [-0.3, -0.25) is 9.59 Å². The minimum absolute atomic E-state index is 0.0320. The number of nitrogens with one attached hydrogen (secondary N) is 2. The number of alkyl halides is 6. The first kappa shape index (κ1) is 27.1. The maximum Gasteiger partial charge on any atom is 0.416 e. The quantitative estimate of drug-likeness (QED) is 0.149. The number of carbonyl (C=O) groups excluding carboxylic acids is 2. The van der Waals surface area contributed by atoms with Crippen molar-refractivity contribution in [1.29, 1.82) is 0 Å². The highest BCUT2D eigenvalue weighted by Gasteiger charge is 2.32. The number of benzene rings is 3. The standard InChI is InChI=1S/C24H14Cl2F6N2O2/c25-19-9-1-4-13(20(19)26)10-18(21(35)33-16-7-2-5-14(11-16)23(27,28)29)22(36)34-17-8-3-6-15(12-17)24(30,31)32/h1-12H,(H,33,35)(H,34,36). The molecule has 36 heavy (non-hydrogen) atoms. The molecule has 0 saturated heterocycles. The third-order valence-electron chi connectivity index (χ3n) is 4.67. The molecule has 12 heteroatoms. The molecule has 0 aliphatic carbocycles. The van der Waals surface area contributed by atoms with Crippen LogP contribution in [0.15, 0.2) is 72.3 Å². The topological polar surface area (TPSA) is 58.2 Å². The minimum atomic E-state index is -4.69. The van der Waals surface area contributed by atoms with Gasteiger partial charge in [-0.25, -0.2) is 0 Å². The average Bonchev–Trinajstić information content (AvgIpc) is 2.79. The highest BCUT2D eigenvalue weighted by atomic mass is 35.5. The van der Waals surface area contributed by atoms with Gasteiger partial charge in [0.25, 0.3) is 11.8 Å². The summed E-state index contributed by atoms with van der Waals surface area (Å²) in [6.07, 6.45) is -8.36. The van der Waals surface area contributed by atoms with E-state index in [-0.39, 0.29) is 27.0 Å². The van der Waals surface area contributed by atoms with Gasteiger partial charge in [0.1, 0.15) is 5.57 Å². The number of rotatable bonds is 5. The third kappa shape index (κ3) is 6.79. The molecule has 0 unspecified atom stereocenters. The van der Waals surface area contributed by atoms with Crippen LogP contribution < -0.4 is 10.6 Å². The lowest BCUT2D eigenvalue weighted by molar-refractivity contribution is -0.138. The summed E-state index contributed by atoms with van der Waals surface area (Å²) in [6.45, 7) is 0. The molecule has 0 aromatic heterocycles. The molecule has 3 aromatic rings. The summed E-state index contributed by atoms with van der Waals surface area (Å²) >= 11 is 12.1. The van der Waals surface area contributed by atoms with Crippen LogP contribution in [0.3, 0.4) is 0 Å². The molecule has 2 amide bonds. The molecule has 0 heterocycles.